The van der Waals surface area contributed by atoms with Crippen LogP contribution in [0, 0.1) is 0 Å². The molecule has 0 aliphatic carbocycles. The molecule has 0 radical (unpaired) electrons. The fourth-order valence-electron chi connectivity index (χ4n) is 0.779. The molecule has 0 rings (SSSR count). The summed E-state index contributed by atoms with van der Waals surface area (Å²) < 4.78 is 11.1. The second-order valence-corrected chi connectivity index (χ2v) is 12.1. The molecule has 0 saturated carbocycles. The number of halogens is 2. The lowest BCUT2D eigenvalue weighted by atomic mass is 11.8. The minimum absolute atomic E-state index is 1.38. The molecule has 0 aromatic rings. The van der Waals surface area contributed by atoms with Crippen LogP contribution in [0.5, 0.6) is 0 Å². The van der Waals surface area contributed by atoms with Crippen molar-refractivity contribution in [3.63, 3.8) is 0 Å². The predicted octanol–water partition coefficient (Wildman–Crippen LogP) is 3.96. The van der Waals surface area contributed by atoms with Crippen LogP contribution in [0.25, 0.3) is 0 Å². The molecule has 0 N–H and O–H groups in total. The number of hydrogen-bond donors (Lipinski definition) is 0. The van der Waals surface area contributed by atoms with Crippen molar-refractivity contribution >= 4 is 54.1 Å². The van der Waals surface area contributed by atoms with Gasteiger partial charge >= 0.3 is 8.56 Å². The Morgan fingerprint density at radius 2 is 1.25 bits per heavy atom. The molecule has 0 unspecified atom stereocenters. The largest absolute Gasteiger partial charge is 0.436 e. The van der Waals surface area contributed by atoms with Crippen molar-refractivity contribution in [3.8, 4) is 0 Å². The van der Waals surface area contributed by atoms with E-state index >= 15 is 0 Å². The van der Waals surface area contributed by atoms with E-state index in [1.165, 1.54) is 0 Å². The molecule has 0 amide bonds. The molecule has 0 aromatic heterocycles. The van der Waals surface area contributed by atoms with Gasteiger partial charge in [-0.3, -0.25) is 0 Å². The lowest BCUT2D eigenvalue weighted by Gasteiger charge is -2.29. The second-order valence-electron chi connectivity index (χ2n) is 3.82. The van der Waals surface area contributed by atoms with E-state index in [1.54, 1.807) is 7.11 Å². The molecule has 6 heteroatoms. The third-order valence-corrected chi connectivity index (χ3v) is 6.44. The highest BCUT2D eigenvalue weighted by molar-refractivity contribution is 15.0. The Balaban J connectivity index is 0. The van der Waals surface area contributed by atoms with Gasteiger partial charge in [0.15, 0.2) is 8.32 Å². The van der Waals surface area contributed by atoms with Gasteiger partial charge < -0.3 is 8.54 Å². The summed E-state index contributed by atoms with van der Waals surface area (Å²) in [5, 5.41) is 0. The molecule has 0 aromatic carbocycles. The molecule has 0 atom stereocenters. The fourth-order valence-corrected chi connectivity index (χ4v) is 7.01. The van der Waals surface area contributed by atoms with Crippen molar-refractivity contribution < 1.29 is 8.54 Å². The Morgan fingerprint density at radius 1 is 0.917 bits per heavy atom. The van der Waals surface area contributed by atoms with Crippen LogP contribution >= 0.6 is 37.2 Å². The lowest BCUT2D eigenvalue weighted by molar-refractivity contribution is 0.312. The maximum atomic E-state index is 5.83. The lowest BCUT2D eigenvalue weighted by Crippen LogP contribution is -2.43. The van der Waals surface area contributed by atoms with Gasteiger partial charge in [-0.05, 0) is 32.7 Å². The molecule has 0 spiro atoms. The first-order valence-corrected chi connectivity index (χ1v) is 16.2. The van der Waals surface area contributed by atoms with Gasteiger partial charge in [0.25, 0.3) is 0 Å². The van der Waals surface area contributed by atoms with E-state index in [4.69, 9.17) is 8.54 Å². The smallest absolute Gasteiger partial charge is 0.321 e. The summed E-state index contributed by atoms with van der Waals surface area (Å²) in [7, 11) is -1.40. The SMILES string of the molecule is CO[Si](C)(C)O[Si](C)(C)C.II. The van der Waals surface area contributed by atoms with Crippen LogP contribution in [0.3, 0.4) is 0 Å². The van der Waals surface area contributed by atoms with Crippen molar-refractivity contribution in [1.82, 2.24) is 0 Å². The van der Waals surface area contributed by atoms with Gasteiger partial charge in [-0.1, -0.05) is 0 Å². The highest BCUT2D eigenvalue weighted by Crippen LogP contribution is 2.13. The third-order valence-electron chi connectivity index (χ3n) is 1.04. The molecule has 12 heavy (non-hydrogen) atoms. The topological polar surface area (TPSA) is 18.5 Å². The monoisotopic (exact) mass is 432 g/mol. The van der Waals surface area contributed by atoms with E-state index in [1.807, 2.05) is 0 Å². The molecule has 0 bridgehead atoms. The van der Waals surface area contributed by atoms with Crippen LogP contribution in [0.15, 0.2) is 0 Å². The van der Waals surface area contributed by atoms with Crippen molar-refractivity contribution in [2.45, 2.75) is 32.7 Å². The van der Waals surface area contributed by atoms with Crippen molar-refractivity contribution in [2.75, 3.05) is 7.11 Å². The van der Waals surface area contributed by atoms with Gasteiger partial charge in [-0.25, -0.2) is 0 Å². The first-order chi connectivity index (χ1) is 5.27. The molecular formula is C6H18I2O2Si2. The zero-order valence-corrected chi connectivity index (χ0v) is 14.9. The first-order valence-electron chi connectivity index (χ1n) is 3.66. The van der Waals surface area contributed by atoms with Crippen molar-refractivity contribution in [2.24, 2.45) is 0 Å². The van der Waals surface area contributed by atoms with Crippen LogP contribution < -0.4 is 0 Å². The van der Waals surface area contributed by atoms with E-state index in [9.17, 15) is 0 Å². The Labute approximate surface area is 101 Å². The Bertz CT molecular complexity index is 115. The summed E-state index contributed by atoms with van der Waals surface area (Å²) in [6, 6.07) is 0. The normalized spacial score (nSPS) is 12.0. The van der Waals surface area contributed by atoms with Gasteiger partial charge in [0.1, 0.15) is 0 Å². The average Bonchev–Trinajstić information content (AvgIpc) is 1.88. The highest BCUT2D eigenvalue weighted by atomic mass is 128. The van der Waals surface area contributed by atoms with E-state index in [0.717, 1.165) is 0 Å². The molecular weight excluding hydrogens is 414 g/mol. The summed E-state index contributed by atoms with van der Waals surface area (Å²) in [5.74, 6) is 0. The van der Waals surface area contributed by atoms with E-state index in [-0.39, 0.29) is 0 Å². The van der Waals surface area contributed by atoms with Crippen molar-refractivity contribution in [1.29, 1.82) is 0 Å². The van der Waals surface area contributed by atoms with E-state index in [2.05, 4.69) is 70.0 Å². The zero-order valence-electron chi connectivity index (χ0n) is 8.57. The van der Waals surface area contributed by atoms with E-state index < -0.39 is 16.9 Å². The minimum atomic E-state index is -1.75. The summed E-state index contributed by atoms with van der Waals surface area (Å²) in [5.41, 5.74) is 0. The summed E-state index contributed by atoms with van der Waals surface area (Å²) >= 11 is 4.24. The number of hydrogen-bond acceptors (Lipinski definition) is 2. The molecule has 0 aliphatic rings. The highest BCUT2D eigenvalue weighted by Gasteiger charge is 2.29. The maximum Gasteiger partial charge on any atom is 0.321 e. The van der Waals surface area contributed by atoms with Crippen LogP contribution in [-0.2, 0) is 8.54 Å². The van der Waals surface area contributed by atoms with E-state index in [0.29, 0.717) is 0 Å². The van der Waals surface area contributed by atoms with Gasteiger partial charge in [-0.2, -0.15) is 0 Å². The molecule has 0 fully saturated rings. The summed E-state index contributed by atoms with van der Waals surface area (Å²) in [4.78, 5) is 0. The molecule has 76 valence electrons. The van der Waals surface area contributed by atoms with Gasteiger partial charge in [0.2, 0.25) is 0 Å². The molecule has 2 nitrogen and oxygen atoms in total. The zero-order chi connectivity index (χ0) is 10.4. The standard InChI is InChI=1S/C6H18O2Si2.I2/c1-7-10(5,6)8-9(2,3)4;1-2/h1-6H3;. The molecule has 0 heterocycles. The maximum absolute atomic E-state index is 5.83. The number of rotatable bonds is 3. The van der Waals surface area contributed by atoms with Crippen LogP contribution in [0.1, 0.15) is 0 Å². The van der Waals surface area contributed by atoms with Gasteiger partial charge in [0.05, 0.1) is 0 Å². The first kappa shape index (κ1) is 16.3. The Morgan fingerprint density at radius 3 is 1.33 bits per heavy atom. The molecule has 0 aliphatic heterocycles. The average molecular weight is 432 g/mol. The second kappa shape index (κ2) is 7.15. The fraction of sp³-hybridized carbons (Fsp3) is 1.00. The quantitative estimate of drug-likeness (QED) is 0.497. The summed E-state index contributed by atoms with van der Waals surface area (Å²) in [6.45, 7) is 10.7. The molecule has 0 saturated heterocycles. The summed E-state index contributed by atoms with van der Waals surface area (Å²) in [6.07, 6.45) is 0. The van der Waals surface area contributed by atoms with Crippen LogP contribution in [0.4, 0.5) is 0 Å². The minimum Gasteiger partial charge on any atom is -0.436 e. The van der Waals surface area contributed by atoms with Crippen LogP contribution in [-0.4, -0.2) is 24.0 Å². The Hall–Kier alpha value is 1.81. The van der Waals surface area contributed by atoms with Crippen molar-refractivity contribution in [3.05, 3.63) is 0 Å². The van der Waals surface area contributed by atoms with Gasteiger partial charge in [0, 0.05) is 44.3 Å². The van der Waals surface area contributed by atoms with Gasteiger partial charge in [-0.15, -0.1) is 0 Å². The predicted molar refractivity (Wildman–Crippen MR) is 77.0 cm³/mol. The van der Waals surface area contributed by atoms with Crippen LogP contribution in [0.2, 0.25) is 32.7 Å². The Kier molecular flexibility index (Phi) is 9.68. The third kappa shape index (κ3) is 11.8.